The molecule has 7 N–H and O–H groups in total. The van der Waals surface area contributed by atoms with Gasteiger partial charge in [-0.05, 0) is 17.2 Å². The summed E-state index contributed by atoms with van der Waals surface area (Å²) in [6, 6.07) is 8.48. The van der Waals surface area contributed by atoms with Crippen LogP contribution in [0.25, 0.3) is 11.1 Å². The van der Waals surface area contributed by atoms with Crippen molar-refractivity contribution in [2.24, 2.45) is 11.5 Å². The fourth-order valence-electron chi connectivity index (χ4n) is 0.821. The third-order valence-electron chi connectivity index (χ3n) is 1.38. The normalized spacial score (nSPS) is 9.23. The van der Waals surface area contributed by atoms with Gasteiger partial charge in [0.15, 0.2) is 11.9 Å². The Bertz CT molecular complexity index is 315. The average molecular weight is 177 g/mol. The fraction of sp³-hybridized carbons (Fsp3) is 0. The highest BCUT2D eigenvalue weighted by atomic mass is 15.1. The lowest BCUT2D eigenvalue weighted by atomic mass is 10.6. The lowest BCUT2D eigenvalue weighted by Gasteiger charge is -1.95. The van der Waals surface area contributed by atoms with Crippen molar-refractivity contribution < 1.29 is 0 Å². The highest BCUT2D eigenvalue weighted by Crippen LogP contribution is 2.32. The van der Waals surface area contributed by atoms with Gasteiger partial charge in [0.05, 0.1) is 0 Å². The molecule has 0 aliphatic heterocycles. The molecule has 0 fully saturated rings. The minimum Gasteiger partial charge on any atom is -0.370 e. The van der Waals surface area contributed by atoms with Gasteiger partial charge in [0.25, 0.3) is 0 Å². The second kappa shape index (κ2) is 3.57. The maximum atomic E-state index is 6.47. The van der Waals surface area contributed by atoms with Crippen molar-refractivity contribution >= 4 is 11.9 Å². The summed E-state index contributed by atoms with van der Waals surface area (Å²) in [6.45, 7) is 0. The Morgan fingerprint density at radius 2 is 1.54 bits per heavy atom. The van der Waals surface area contributed by atoms with Crippen LogP contribution in [0.2, 0.25) is 0 Å². The molecule has 68 valence electrons. The van der Waals surface area contributed by atoms with Crippen molar-refractivity contribution in [2.75, 3.05) is 0 Å². The van der Waals surface area contributed by atoms with Crippen LogP contribution in [0.3, 0.4) is 0 Å². The van der Waals surface area contributed by atoms with Gasteiger partial charge in [0.1, 0.15) is 0 Å². The average Bonchev–Trinajstić information content (AvgIpc) is 2.57. The molecule has 5 nitrogen and oxygen atoms in total. The van der Waals surface area contributed by atoms with Crippen LogP contribution < -0.4 is 16.8 Å². The van der Waals surface area contributed by atoms with Gasteiger partial charge < -0.3 is 11.5 Å². The predicted octanol–water partition coefficient (Wildman–Crippen LogP) is 0.0299. The minimum atomic E-state index is -0.312. The molecular formula is C8H11N5. The number of hydrogen-bond donors (Lipinski definition) is 5. The summed E-state index contributed by atoms with van der Waals surface area (Å²) in [5.41, 5.74) is 12.3. The van der Waals surface area contributed by atoms with Crippen molar-refractivity contribution in [1.82, 2.24) is 5.32 Å². The van der Waals surface area contributed by atoms with Crippen LogP contribution >= 0.6 is 0 Å². The van der Waals surface area contributed by atoms with E-state index < -0.39 is 0 Å². The van der Waals surface area contributed by atoms with Crippen LogP contribution in [0.5, 0.6) is 0 Å². The molecule has 0 spiro atoms. The number of rotatable bonds is 0. The SMILES string of the molecule is N=C(N)NC(=N)N.c1cc2cc-2c1. The number of benzene rings is 1. The van der Waals surface area contributed by atoms with E-state index in [1.807, 2.05) is 5.32 Å². The first-order valence-corrected chi connectivity index (χ1v) is 3.65. The van der Waals surface area contributed by atoms with Crippen LogP contribution in [0.15, 0.2) is 24.3 Å². The Balaban J connectivity index is 0.000000130. The highest BCUT2D eigenvalue weighted by Gasteiger charge is 2.06. The quantitative estimate of drug-likeness (QED) is 0.289. The molecule has 5 heteroatoms. The van der Waals surface area contributed by atoms with Gasteiger partial charge in [-0.2, -0.15) is 0 Å². The third kappa shape index (κ3) is 3.24. The van der Waals surface area contributed by atoms with Crippen molar-refractivity contribution in [1.29, 1.82) is 10.8 Å². The van der Waals surface area contributed by atoms with Gasteiger partial charge in [-0.1, -0.05) is 18.2 Å². The van der Waals surface area contributed by atoms with E-state index in [0.717, 1.165) is 0 Å². The maximum absolute atomic E-state index is 6.47. The second-order valence-corrected chi connectivity index (χ2v) is 2.53. The Morgan fingerprint density at radius 3 is 1.62 bits per heavy atom. The summed E-state index contributed by atoms with van der Waals surface area (Å²) in [4.78, 5) is 0. The number of nitrogens with two attached hydrogens (primary N) is 2. The smallest absolute Gasteiger partial charge is 0.192 e. The molecule has 0 aromatic rings. The topological polar surface area (TPSA) is 112 Å². The monoisotopic (exact) mass is 177 g/mol. The molecule has 2 aliphatic carbocycles. The van der Waals surface area contributed by atoms with Gasteiger partial charge in [-0.15, -0.1) is 0 Å². The third-order valence-corrected chi connectivity index (χ3v) is 1.38. The summed E-state index contributed by atoms with van der Waals surface area (Å²) in [5, 5.41) is 15.0. The summed E-state index contributed by atoms with van der Waals surface area (Å²) < 4.78 is 0. The van der Waals surface area contributed by atoms with E-state index in [9.17, 15) is 0 Å². The lowest BCUT2D eigenvalue weighted by Crippen LogP contribution is -2.39. The molecule has 2 rings (SSSR count). The molecule has 0 amide bonds. The van der Waals surface area contributed by atoms with Gasteiger partial charge in [-0.3, -0.25) is 16.1 Å². The molecule has 0 unspecified atom stereocenters. The fourth-order valence-corrected chi connectivity index (χ4v) is 0.821. The van der Waals surface area contributed by atoms with E-state index in [4.69, 9.17) is 22.3 Å². The van der Waals surface area contributed by atoms with Crippen LogP contribution in [0.1, 0.15) is 0 Å². The Morgan fingerprint density at radius 1 is 1.08 bits per heavy atom. The molecule has 0 saturated carbocycles. The second-order valence-electron chi connectivity index (χ2n) is 2.53. The van der Waals surface area contributed by atoms with Crippen LogP contribution in [0.4, 0.5) is 0 Å². The zero-order valence-electron chi connectivity index (χ0n) is 6.96. The van der Waals surface area contributed by atoms with Gasteiger partial charge in [0.2, 0.25) is 0 Å². The largest absolute Gasteiger partial charge is 0.370 e. The Hall–Kier alpha value is -2.04. The first-order valence-electron chi connectivity index (χ1n) is 3.65. The number of nitrogens with one attached hydrogen (secondary N) is 3. The van der Waals surface area contributed by atoms with Crippen molar-refractivity contribution in [3.05, 3.63) is 24.3 Å². The van der Waals surface area contributed by atoms with Gasteiger partial charge >= 0.3 is 0 Å². The zero-order valence-corrected chi connectivity index (χ0v) is 6.96. The molecule has 13 heavy (non-hydrogen) atoms. The van der Waals surface area contributed by atoms with Crippen LogP contribution in [-0.4, -0.2) is 11.9 Å². The van der Waals surface area contributed by atoms with E-state index >= 15 is 0 Å². The maximum Gasteiger partial charge on any atom is 0.192 e. The van der Waals surface area contributed by atoms with Crippen molar-refractivity contribution in [2.45, 2.75) is 0 Å². The van der Waals surface area contributed by atoms with Crippen LogP contribution in [0, 0.1) is 10.8 Å². The van der Waals surface area contributed by atoms with Crippen LogP contribution in [-0.2, 0) is 0 Å². The molecule has 0 atom stereocenters. The molecule has 0 radical (unpaired) electrons. The summed E-state index contributed by atoms with van der Waals surface area (Å²) in [5.74, 6) is -0.625. The molecule has 0 aromatic heterocycles. The minimum absolute atomic E-state index is 0.312. The van der Waals surface area contributed by atoms with Gasteiger partial charge in [-0.25, -0.2) is 0 Å². The summed E-state index contributed by atoms with van der Waals surface area (Å²) in [6.07, 6.45) is 0. The number of guanidine groups is 2. The first-order chi connectivity index (χ1) is 6.09. The summed E-state index contributed by atoms with van der Waals surface area (Å²) in [7, 11) is 0. The number of hydrogen-bond acceptors (Lipinski definition) is 2. The molecular weight excluding hydrogens is 166 g/mol. The number of fused-ring (bicyclic) bond motifs is 1. The Labute approximate surface area is 75.8 Å². The van der Waals surface area contributed by atoms with E-state index in [2.05, 4.69) is 24.3 Å². The van der Waals surface area contributed by atoms with Gasteiger partial charge in [0, 0.05) is 0 Å². The summed E-state index contributed by atoms with van der Waals surface area (Å²) >= 11 is 0. The molecule has 0 saturated heterocycles. The molecule has 0 aromatic carbocycles. The highest BCUT2D eigenvalue weighted by molar-refractivity contribution is 5.93. The van der Waals surface area contributed by atoms with E-state index in [1.54, 1.807) is 0 Å². The predicted molar refractivity (Wildman–Crippen MR) is 52.4 cm³/mol. The first kappa shape index (κ1) is 9.05. The van der Waals surface area contributed by atoms with E-state index in [-0.39, 0.29) is 11.9 Å². The molecule has 2 aliphatic rings. The molecule has 0 heterocycles. The Kier molecular flexibility index (Phi) is 2.49. The van der Waals surface area contributed by atoms with Crippen molar-refractivity contribution in [3.63, 3.8) is 0 Å². The standard InChI is InChI=1S/C6H4.C2H7N5/c1-2-5-4-6(5)3-1;3-1(4)7-2(5)6/h1-4H;(H7,3,4,5,6,7). The molecule has 0 bridgehead atoms. The van der Waals surface area contributed by atoms with E-state index in [1.165, 1.54) is 11.1 Å². The van der Waals surface area contributed by atoms with E-state index in [0.29, 0.717) is 0 Å². The van der Waals surface area contributed by atoms with Crippen molar-refractivity contribution in [3.8, 4) is 11.1 Å². The zero-order chi connectivity index (χ0) is 9.84. The lowest BCUT2D eigenvalue weighted by molar-refractivity contribution is 1.19.